The predicted molar refractivity (Wildman–Crippen MR) is 71.4 cm³/mol. The quantitative estimate of drug-likeness (QED) is 0.735. The third-order valence-corrected chi connectivity index (χ3v) is 2.66. The summed E-state index contributed by atoms with van der Waals surface area (Å²) < 4.78 is 13.6. The van der Waals surface area contributed by atoms with Crippen molar-refractivity contribution in [3.05, 3.63) is 48.5 Å². The van der Waals surface area contributed by atoms with Gasteiger partial charge in [0.05, 0.1) is 11.7 Å². The number of hydrogen-bond acceptors (Lipinski definition) is 5. The average Bonchev–Trinajstić information content (AvgIpc) is 2.43. The van der Waals surface area contributed by atoms with E-state index in [9.17, 15) is 4.39 Å². The molecule has 0 unspecified atom stereocenters. The van der Waals surface area contributed by atoms with Gasteiger partial charge in [0.1, 0.15) is 0 Å². The molecule has 0 radical (unpaired) electrons. The van der Waals surface area contributed by atoms with Gasteiger partial charge in [-0.2, -0.15) is 4.98 Å². The number of rotatable bonds is 2. The van der Waals surface area contributed by atoms with Crippen LogP contribution in [-0.4, -0.2) is 15.0 Å². The standard InChI is InChI=1S/C13H10FN5/c14-9-7-17-13(15)19-12(9)18-11-5-1-4-10-8(11)3-2-6-16-10/h1-7H,(H3,15,17,18,19). The van der Waals surface area contributed by atoms with Gasteiger partial charge >= 0.3 is 0 Å². The summed E-state index contributed by atoms with van der Waals surface area (Å²) in [4.78, 5) is 11.6. The maximum atomic E-state index is 13.6. The Morgan fingerprint density at radius 1 is 1.11 bits per heavy atom. The zero-order valence-electron chi connectivity index (χ0n) is 9.84. The first-order chi connectivity index (χ1) is 9.24. The van der Waals surface area contributed by atoms with Crippen LogP contribution in [0, 0.1) is 5.82 Å². The van der Waals surface area contributed by atoms with Crippen LogP contribution in [0.15, 0.2) is 42.7 Å². The zero-order chi connectivity index (χ0) is 13.2. The topological polar surface area (TPSA) is 76.7 Å². The Balaban J connectivity index is 2.08. The molecule has 0 aliphatic carbocycles. The van der Waals surface area contributed by atoms with Crippen LogP contribution in [0.4, 0.5) is 21.8 Å². The minimum absolute atomic E-state index is 0.0160. The molecule has 0 aliphatic rings. The van der Waals surface area contributed by atoms with Gasteiger partial charge in [-0.25, -0.2) is 9.37 Å². The number of nitrogen functional groups attached to an aromatic ring is 1. The van der Waals surface area contributed by atoms with Crippen LogP contribution in [0.3, 0.4) is 0 Å². The summed E-state index contributed by atoms with van der Waals surface area (Å²) in [6.45, 7) is 0. The van der Waals surface area contributed by atoms with Crippen LogP contribution in [-0.2, 0) is 0 Å². The van der Waals surface area contributed by atoms with Crippen molar-refractivity contribution in [1.29, 1.82) is 0 Å². The molecule has 2 aromatic heterocycles. The van der Waals surface area contributed by atoms with Crippen molar-refractivity contribution in [2.24, 2.45) is 0 Å². The fraction of sp³-hybridized carbons (Fsp3) is 0. The number of anilines is 3. The highest BCUT2D eigenvalue weighted by atomic mass is 19.1. The molecule has 0 amide bonds. The van der Waals surface area contributed by atoms with Crippen molar-refractivity contribution in [2.45, 2.75) is 0 Å². The number of aromatic nitrogens is 3. The van der Waals surface area contributed by atoms with Gasteiger partial charge in [-0.1, -0.05) is 6.07 Å². The number of fused-ring (bicyclic) bond motifs is 1. The molecule has 1 aromatic carbocycles. The Kier molecular flexibility index (Phi) is 2.68. The highest BCUT2D eigenvalue weighted by Gasteiger charge is 2.08. The van der Waals surface area contributed by atoms with Gasteiger partial charge in [0, 0.05) is 17.3 Å². The van der Waals surface area contributed by atoms with Gasteiger partial charge in [0.25, 0.3) is 0 Å². The number of nitrogens with one attached hydrogen (secondary N) is 1. The number of hydrogen-bond donors (Lipinski definition) is 2. The SMILES string of the molecule is Nc1ncc(F)c(Nc2cccc3ncccc23)n1. The molecule has 0 bridgehead atoms. The van der Waals surface area contributed by atoms with E-state index < -0.39 is 5.82 Å². The summed E-state index contributed by atoms with van der Waals surface area (Å²) in [6.07, 6.45) is 2.74. The van der Waals surface area contributed by atoms with Gasteiger partial charge in [0.15, 0.2) is 11.6 Å². The Hall–Kier alpha value is -2.76. The molecule has 0 aliphatic heterocycles. The summed E-state index contributed by atoms with van der Waals surface area (Å²) in [5.41, 5.74) is 6.98. The number of benzene rings is 1. The average molecular weight is 255 g/mol. The highest BCUT2D eigenvalue weighted by molar-refractivity contribution is 5.92. The van der Waals surface area contributed by atoms with E-state index in [4.69, 9.17) is 5.73 Å². The summed E-state index contributed by atoms with van der Waals surface area (Å²) in [5, 5.41) is 3.79. The minimum Gasteiger partial charge on any atom is -0.368 e. The van der Waals surface area contributed by atoms with Crippen LogP contribution in [0.1, 0.15) is 0 Å². The summed E-state index contributed by atoms with van der Waals surface area (Å²) in [7, 11) is 0. The van der Waals surface area contributed by atoms with E-state index in [0.717, 1.165) is 17.1 Å². The second-order valence-electron chi connectivity index (χ2n) is 3.93. The lowest BCUT2D eigenvalue weighted by Gasteiger charge is -2.09. The molecule has 3 rings (SSSR count). The van der Waals surface area contributed by atoms with Crippen molar-refractivity contribution < 1.29 is 4.39 Å². The molecule has 19 heavy (non-hydrogen) atoms. The van der Waals surface area contributed by atoms with Crippen molar-refractivity contribution >= 4 is 28.4 Å². The van der Waals surface area contributed by atoms with Crippen LogP contribution in [0.2, 0.25) is 0 Å². The van der Waals surface area contributed by atoms with E-state index in [2.05, 4.69) is 20.3 Å². The molecule has 6 heteroatoms. The van der Waals surface area contributed by atoms with E-state index >= 15 is 0 Å². The normalized spacial score (nSPS) is 10.6. The van der Waals surface area contributed by atoms with Crippen LogP contribution >= 0.6 is 0 Å². The molecular formula is C13H10FN5. The van der Waals surface area contributed by atoms with E-state index in [1.165, 1.54) is 0 Å². The summed E-state index contributed by atoms with van der Waals surface area (Å²) in [6, 6.07) is 9.25. The molecule has 0 atom stereocenters. The summed E-state index contributed by atoms with van der Waals surface area (Å²) in [5.74, 6) is -0.499. The lowest BCUT2D eigenvalue weighted by molar-refractivity contribution is 0.620. The maximum absolute atomic E-state index is 13.6. The molecule has 94 valence electrons. The largest absolute Gasteiger partial charge is 0.368 e. The van der Waals surface area contributed by atoms with Crippen LogP contribution < -0.4 is 11.1 Å². The third-order valence-electron chi connectivity index (χ3n) is 2.66. The lowest BCUT2D eigenvalue weighted by atomic mass is 10.2. The van der Waals surface area contributed by atoms with Gasteiger partial charge in [-0.3, -0.25) is 4.98 Å². The molecular weight excluding hydrogens is 245 g/mol. The van der Waals surface area contributed by atoms with Crippen molar-refractivity contribution in [1.82, 2.24) is 15.0 Å². The van der Waals surface area contributed by atoms with Crippen LogP contribution in [0.25, 0.3) is 10.9 Å². The molecule has 3 N–H and O–H groups in total. The molecule has 3 aromatic rings. The number of pyridine rings is 1. The molecule has 0 saturated heterocycles. The Bertz CT molecular complexity index is 739. The van der Waals surface area contributed by atoms with E-state index in [-0.39, 0.29) is 11.8 Å². The van der Waals surface area contributed by atoms with Gasteiger partial charge in [-0.05, 0) is 24.3 Å². The number of halogens is 1. The third kappa shape index (κ3) is 2.15. The van der Waals surface area contributed by atoms with E-state index in [1.807, 2.05) is 30.3 Å². The maximum Gasteiger partial charge on any atom is 0.222 e. The first-order valence-corrected chi connectivity index (χ1v) is 5.63. The second-order valence-corrected chi connectivity index (χ2v) is 3.93. The zero-order valence-corrected chi connectivity index (χ0v) is 9.84. The Labute approximate surface area is 108 Å². The number of nitrogens with zero attached hydrogens (tertiary/aromatic N) is 3. The second kappa shape index (κ2) is 4.49. The van der Waals surface area contributed by atoms with Crippen LogP contribution in [0.5, 0.6) is 0 Å². The first kappa shape index (κ1) is 11.3. The Morgan fingerprint density at radius 3 is 2.89 bits per heavy atom. The molecule has 2 heterocycles. The first-order valence-electron chi connectivity index (χ1n) is 5.63. The van der Waals surface area contributed by atoms with Gasteiger partial charge in [0.2, 0.25) is 5.95 Å². The smallest absolute Gasteiger partial charge is 0.222 e. The lowest BCUT2D eigenvalue weighted by Crippen LogP contribution is -2.02. The minimum atomic E-state index is -0.560. The molecule has 5 nitrogen and oxygen atoms in total. The fourth-order valence-electron chi connectivity index (χ4n) is 1.81. The van der Waals surface area contributed by atoms with E-state index in [0.29, 0.717) is 5.69 Å². The fourth-order valence-corrected chi connectivity index (χ4v) is 1.81. The number of nitrogens with two attached hydrogens (primary N) is 1. The van der Waals surface area contributed by atoms with Crippen molar-refractivity contribution in [3.63, 3.8) is 0 Å². The Morgan fingerprint density at radius 2 is 2.00 bits per heavy atom. The predicted octanol–water partition coefficient (Wildman–Crippen LogP) is 2.49. The van der Waals surface area contributed by atoms with E-state index in [1.54, 1.807) is 6.20 Å². The molecule has 0 saturated carbocycles. The summed E-state index contributed by atoms with van der Waals surface area (Å²) >= 11 is 0. The monoisotopic (exact) mass is 255 g/mol. The highest BCUT2D eigenvalue weighted by Crippen LogP contribution is 2.25. The molecule has 0 spiro atoms. The van der Waals surface area contributed by atoms with Crippen molar-refractivity contribution in [3.8, 4) is 0 Å². The molecule has 0 fully saturated rings. The van der Waals surface area contributed by atoms with Crippen molar-refractivity contribution in [2.75, 3.05) is 11.1 Å². The van der Waals surface area contributed by atoms with Gasteiger partial charge < -0.3 is 11.1 Å². The van der Waals surface area contributed by atoms with Gasteiger partial charge in [-0.15, -0.1) is 0 Å².